The summed E-state index contributed by atoms with van der Waals surface area (Å²) in [6, 6.07) is 0. The second kappa shape index (κ2) is 4.74. The molecular formula is C11H17NO4. The minimum atomic E-state index is -0.110. The maximum atomic E-state index is 12.0. The van der Waals surface area contributed by atoms with Crippen molar-refractivity contribution in [1.29, 1.82) is 0 Å². The molecule has 2 atom stereocenters. The molecule has 5 heteroatoms. The number of amides is 1. The quantitative estimate of drug-likeness (QED) is 0.655. The number of carbonyl (C=O) groups is 1. The summed E-state index contributed by atoms with van der Waals surface area (Å²) in [5.41, 5.74) is 0. The Bertz CT molecular complexity index is 292. The fraction of sp³-hybridized carbons (Fsp3) is 0.727. The van der Waals surface area contributed by atoms with E-state index in [1.54, 1.807) is 4.90 Å². The highest BCUT2D eigenvalue weighted by molar-refractivity contribution is 5.91. The molecule has 1 amide bonds. The molecule has 2 rings (SSSR count). The first-order valence-electron chi connectivity index (χ1n) is 5.56. The van der Waals surface area contributed by atoms with Gasteiger partial charge >= 0.3 is 0 Å². The van der Waals surface area contributed by atoms with E-state index in [-0.39, 0.29) is 18.1 Å². The molecule has 2 aliphatic rings. The predicted molar refractivity (Wildman–Crippen MR) is 56.6 cm³/mol. The van der Waals surface area contributed by atoms with Crippen molar-refractivity contribution in [2.75, 3.05) is 26.3 Å². The van der Waals surface area contributed by atoms with Gasteiger partial charge < -0.3 is 19.1 Å². The molecule has 0 spiro atoms. The molecule has 0 saturated carbocycles. The van der Waals surface area contributed by atoms with Crippen LogP contribution in [0, 0.1) is 0 Å². The molecule has 2 aliphatic heterocycles. The van der Waals surface area contributed by atoms with Crippen molar-refractivity contribution < 1.29 is 19.0 Å². The van der Waals surface area contributed by atoms with Gasteiger partial charge in [-0.15, -0.1) is 0 Å². The lowest BCUT2D eigenvalue weighted by Gasteiger charge is -2.35. The Labute approximate surface area is 94.9 Å². The van der Waals surface area contributed by atoms with Crippen molar-refractivity contribution in [1.82, 2.24) is 4.90 Å². The third-order valence-electron chi connectivity index (χ3n) is 2.57. The van der Waals surface area contributed by atoms with Crippen molar-refractivity contribution in [3.63, 3.8) is 0 Å². The maximum Gasteiger partial charge on any atom is 0.292 e. The van der Waals surface area contributed by atoms with Gasteiger partial charge in [-0.3, -0.25) is 4.79 Å². The second-order valence-corrected chi connectivity index (χ2v) is 4.17. The molecule has 1 fully saturated rings. The number of morpholine rings is 1. The molecule has 1 saturated heterocycles. The molecule has 2 heterocycles. The molecule has 0 aromatic carbocycles. The summed E-state index contributed by atoms with van der Waals surface area (Å²) in [7, 11) is 0. The summed E-state index contributed by atoms with van der Waals surface area (Å²) in [6.45, 7) is 6.07. The van der Waals surface area contributed by atoms with E-state index >= 15 is 0 Å². The zero-order chi connectivity index (χ0) is 11.5. The first-order valence-corrected chi connectivity index (χ1v) is 5.56. The van der Waals surface area contributed by atoms with Gasteiger partial charge in [-0.05, 0) is 13.8 Å². The van der Waals surface area contributed by atoms with E-state index in [2.05, 4.69) is 0 Å². The molecule has 5 nitrogen and oxygen atoms in total. The molecule has 0 bridgehead atoms. The average Bonchev–Trinajstić information content (AvgIpc) is 2.28. The Kier molecular flexibility index (Phi) is 3.33. The number of carbonyl (C=O) groups excluding carboxylic acids is 1. The van der Waals surface area contributed by atoms with E-state index in [1.165, 1.54) is 6.26 Å². The van der Waals surface area contributed by atoms with Crippen LogP contribution in [-0.4, -0.2) is 49.3 Å². The molecule has 0 aromatic rings. The fourth-order valence-electron chi connectivity index (χ4n) is 1.98. The molecule has 0 N–H and O–H groups in total. The number of nitrogens with zero attached hydrogens (tertiary/aromatic N) is 1. The lowest BCUT2D eigenvalue weighted by molar-refractivity contribution is -0.144. The van der Waals surface area contributed by atoms with Gasteiger partial charge in [0.1, 0.15) is 19.5 Å². The molecular weight excluding hydrogens is 210 g/mol. The highest BCUT2D eigenvalue weighted by Crippen LogP contribution is 2.15. The van der Waals surface area contributed by atoms with Crippen molar-refractivity contribution in [3.05, 3.63) is 12.0 Å². The van der Waals surface area contributed by atoms with Crippen LogP contribution in [0.4, 0.5) is 0 Å². The van der Waals surface area contributed by atoms with Crippen LogP contribution in [0.5, 0.6) is 0 Å². The average molecular weight is 227 g/mol. The Balaban J connectivity index is 2.00. The molecule has 0 unspecified atom stereocenters. The summed E-state index contributed by atoms with van der Waals surface area (Å²) in [6.07, 6.45) is 1.53. The fourth-order valence-corrected chi connectivity index (χ4v) is 1.98. The lowest BCUT2D eigenvalue weighted by atomic mass is 10.2. The van der Waals surface area contributed by atoms with Crippen LogP contribution >= 0.6 is 0 Å². The van der Waals surface area contributed by atoms with Crippen LogP contribution < -0.4 is 0 Å². The summed E-state index contributed by atoms with van der Waals surface area (Å²) >= 11 is 0. The Morgan fingerprint density at radius 3 is 2.56 bits per heavy atom. The molecule has 0 aliphatic carbocycles. The Morgan fingerprint density at radius 2 is 2.00 bits per heavy atom. The summed E-state index contributed by atoms with van der Waals surface area (Å²) in [4.78, 5) is 13.8. The minimum Gasteiger partial charge on any atom is -0.494 e. The van der Waals surface area contributed by atoms with Crippen LogP contribution in [0.2, 0.25) is 0 Å². The topological polar surface area (TPSA) is 48.0 Å². The third kappa shape index (κ3) is 2.47. The van der Waals surface area contributed by atoms with Crippen LogP contribution in [0.15, 0.2) is 12.0 Å². The third-order valence-corrected chi connectivity index (χ3v) is 2.57. The van der Waals surface area contributed by atoms with Gasteiger partial charge in [0, 0.05) is 13.1 Å². The van der Waals surface area contributed by atoms with Crippen LogP contribution in [0.3, 0.4) is 0 Å². The number of hydrogen-bond donors (Lipinski definition) is 0. The van der Waals surface area contributed by atoms with Crippen molar-refractivity contribution in [2.24, 2.45) is 0 Å². The summed E-state index contributed by atoms with van der Waals surface area (Å²) in [5, 5.41) is 0. The smallest absolute Gasteiger partial charge is 0.292 e. The normalized spacial score (nSPS) is 30.1. The number of rotatable bonds is 1. The zero-order valence-electron chi connectivity index (χ0n) is 9.64. The van der Waals surface area contributed by atoms with Crippen LogP contribution in [0.1, 0.15) is 13.8 Å². The standard InChI is InChI=1S/C11H17NO4/c1-8-5-12(6-9(2)16-8)11(13)10-7-14-3-4-15-10/h7-9H,3-6H2,1-2H3/t8-,9+. The van der Waals surface area contributed by atoms with Gasteiger partial charge in [0.05, 0.1) is 12.2 Å². The number of hydrogen-bond acceptors (Lipinski definition) is 4. The Morgan fingerprint density at radius 1 is 1.31 bits per heavy atom. The van der Waals surface area contributed by atoms with E-state index < -0.39 is 0 Å². The van der Waals surface area contributed by atoms with Gasteiger partial charge in [0.15, 0.2) is 0 Å². The largest absolute Gasteiger partial charge is 0.494 e. The highest BCUT2D eigenvalue weighted by Gasteiger charge is 2.29. The van der Waals surface area contributed by atoms with E-state index in [4.69, 9.17) is 14.2 Å². The SMILES string of the molecule is C[C@@H]1CN(C(=O)C2=COCCO2)C[C@H](C)O1. The monoisotopic (exact) mass is 227 g/mol. The van der Waals surface area contributed by atoms with Gasteiger partial charge in [-0.1, -0.05) is 0 Å². The van der Waals surface area contributed by atoms with Gasteiger partial charge in [0.25, 0.3) is 5.91 Å². The number of ether oxygens (including phenoxy) is 3. The molecule has 0 radical (unpaired) electrons. The first kappa shape index (κ1) is 11.3. The molecule has 90 valence electrons. The second-order valence-electron chi connectivity index (χ2n) is 4.17. The van der Waals surface area contributed by atoms with Crippen molar-refractivity contribution in [3.8, 4) is 0 Å². The molecule has 0 aromatic heterocycles. The van der Waals surface area contributed by atoms with E-state index in [1.807, 2.05) is 13.8 Å². The van der Waals surface area contributed by atoms with Crippen LogP contribution in [-0.2, 0) is 19.0 Å². The van der Waals surface area contributed by atoms with E-state index in [9.17, 15) is 4.79 Å². The van der Waals surface area contributed by atoms with Crippen molar-refractivity contribution >= 4 is 5.91 Å². The zero-order valence-corrected chi connectivity index (χ0v) is 9.64. The first-order chi connectivity index (χ1) is 7.66. The van der Waals surface area contributed by atoms with Gasteiger partial charge in [-0.2, -0.15) is 0 Å². The predicted octanol–water partition coefficient (Wildman–Crippen LogP) is 0.510. The summed E-state index contributed by atoms with van der Waals surface area (Å²) < 4.78 is 15.9. The Hall–Kier alpha value is -1.23. The highest BCUT2D eigenvalue weighted by atomic mass is 16.6. The van der Waals surface area contributed by atoms with E-state index in [0.717, 1.165) is 0 Å². The summed E-state index contributed by atoms with van der Waals surface area (Å²) in [5.74, 6) is 0.189. The minimum absolute atomic E-state index is 0.0674. The molecule has 16 heavy (non-hydrogen) atoms. The van der Waals surface area contributed by atoms with Gasteiger partial charge in [-0.25, -0.2) is 0 Å². The van der Waals surface area contributed by atoms with E-state index in [0.29, 0.717) is 32.1 Å². The van der Waals surface area contributed by atoms with Crippen LogP contribution in [0.25, 0.3) is 0 Å². The lowest BCUT2D eigenvalue weighted by Crippen LogP contribution is -2.49. The van der Waals surface area contributed by atoms with Gasteiger partial charge in [0.2, 0.25) is 5.76 Å². The van der Waals surface area contributed by atoms with Crippen molar-refractivity contribution in [2.45, 2.75) is 26.1 Å². The maximum absolute atomic E-state index is 12.0.